The summed E-state index contributed by atoms with van der Waals surface area (Å²) >= 11 is 0. The minimum atomic E-state index is -1.09. The standard InChI is InChI=1S/C15H45Si7/c1-17(2,3)20(10,11)16(21(12,13)18(4,5)6)22(14,15)19(7,8)9/h1-15H3. The summed E-state index contributed by atoms with van der Waals surface area (Å²) in [6.07, 6.45) is 0. The summed E-state index contributed by atoms with van der Waals surface area (Å²) in [5.41, 5.74) is 0. The third-order valence-electron chi connectivity index (χ3n) is 7.50. The van der Waals surface area contributed by atoms with Gasteiger partial charge in [-0.3, -0.25) is 0 Å². The fraction of sp³-hybridized carbons (Fsp3) is 1.00. The highest BCUT2D eigenvalue weighted by molar-refractivity contribution is 8.04. The van der Waals surface area contributed by atoms with Crippen molar-refractivity contribution in [3.05, 3.63) is 0 Å². The molecule has 0 spiro atoms. The van der Waals surface area contributed by atoms with E-state index in [1.54, 1.807) is 0 Å². The lowest BCUT2D eigenvalue weighted by molar-refractivity contribution is 1.74. The second kappa shape index (κ2) is 6.35. The van der Waals surface area contributed by atoms with E-state index in [2.05, 4.69) is 98.2 Å². The first-order valence-corrected chi connectivity index (χ1v) is 36.0. The molecule has 1 radical (unpaired) electrons. The van der Waals surface area contributed by atoms with E-state index in [1.165, 1.54) is 0 Å². The molecule has 0 nitrogen and oxygen atoms in total. The molecule has 0 aromatic heterocycles. The Morgan fingerprint density at radius 3 is 0.545 bits per heavy atom. The summed E-state index contributed by atoms with van der Waals surface area (Å²) in [6.45, 7) is 41.6. The summed E-state index contributed by atoms with van der Waals surface area (Å²) < 4.78 is 0. The summed E-state index contributed by atoms with van der Waals surface area (Å²) in [5, 5.41) is 0. The van der Waals surface area contributed by atoms with Crippen LogP contribution in [0.15, 0.2) is 0 Å². The Kier molecular flexibility index (Phi) is 6.79. The van der Waals surface area contributed by atoms with E-state index in [1.807, 2.05) is 0 Å². The van der Waals surface area contributed by atoms with Crippen LogP contribution in [0.25, 0.3) is 0 Å². The zero-order chi connectivity index (χ0) is 18.6. The third-order valence-corrected chi connectivity index (χ3v) is 142. The second-order valence-corrected chi connectivity index (χ2v) is 85.5. The molecule has 0 amide bonds. The predicted molar refractivity (Wildman–Crippen MR) is 128 cm³/mol. The number of hydrogen-bond donors (Lipinski definition) is 0. The summed E-state index contributed by atoms with van der Waals surface area (Å²) in [7, 11) is -6.50. The van der Waals surface area contributed by atoms with Gasteiger partial charge in [0.25, 0.3) is 0 Å². The monoisotopic (exact) mass is 421 g/mol. The van der Waals surface area contributed by atoms with Gasteiger partial charge in [-0.2, -0.15) is 0 Å². The molecular formula is C15H45Si7. The molecule has 0 aliphatic heterocycles. The van der Waals surface area contributed by atoms with Gasteiger partial charge in [0.1, 0.15) is 0 Å². The van der Waals surface area contributed by atoms with Crippen LogP contribution in [0.5, 0.6) is 0 Å². The first kappa shape index (κ1) is 23.5. The summed E-state index contributed by atoms with van der Waals surface area (Å²) in [6, 6.07) is 0. The maximum Gasteiger partial charge on any atom is 0.0348 e. The van der Waals surface area contributed by atoms with Crippen LogP contribution in [-0.2, 0) is 0 Å². The van der Waals surface area contributed by atoms with Gasteiger partial charge in [-0.1, -0.05) is 98.2 Å². The minimum Gasteiger partial charge on any atom is -0.0737 e. The van der Waals surface area contributed by atoms with Gasteiger partial charge in [-0.05, 0) is 0 Å². The van der Waals surface area contributed by atoms with E-state index in [-0.39, 0.29) is 7.35 Å². The maximum atomic E-state index is 2.86. The molecule has 0 aliphatic rings. The lowest BCUT2D eigenvalue weighted by Crippen LogP contribution is -2.88. The van der Waals surface area contributed by atoms with Crippen LogP contribution in [0.2, 0.25) is 98.2 Å². The van der Waals surface area contributed by atoms with Crippen molar-refractivity contribution < 1.29 is 0 Å². The Bertz CT molecular complexity index is 330. The Labute approximate surface area is 149 Å². The van der Waals surface area contributed by atoms with Crippen LogP contribution in [0.4, 0.5) is 0 Å². The van der Waals surface area contributed by atoms with Gasteiger partial charge in [0.2, 0.25) is 0 Å². The average Bonchev–Trinajstić information content (AvgIpc) is 2.09. The van der Waals surface area contributed by atoms with E-state index >= 15 is 0 Å². The van der Waals surface area contributed by atoms with Crippen LogP contribution in [0, 0.1) is 0 Å². The predicted octanol–water partition coefficient (Wildman–Crippen LogP) is 6.09. The molecule has 0 bridgehead atoms. The van der Waals surface area contributed by atoms with Crippen LogP contribution in [-0.4, -0.2) is 51.5 Å². The molecule has 0 N–H and O–H groups in total. The SMILES string of the molecule is C[Si](C)(C)[Si](C)(C)[Si]([Si](C)(C)[Si](C)(C)C)[Si](C)(C)[Si](C)(C)C. The molecule has 133 valence electrons. The molecule has 0 saturated heterocycles. The molecule has 0 aromatic rings. The van der Waals surface area contributed by atoms with E-state index in [0.717, 1.165) is 0 Å². The highest BCUT2D eigenvalue weighted by Crippen LogP contribution is 2.39. The quantitative estimate of drug-likeness (QED) is 0.455. The Morgan fingerprint density at radius 1 is 0.318 bits per heavy atom. The highest BCUT2D eigenvalue weighted by atomic mass is 30.2. The van der Waals surface area contributed by atoms with Crippen molar-refractivity contribution in [3.63, 3.8) is 0 Å². The van der Waals surface area contributed by atoms with Crippen LogP contribution in [0.3, 0.4) is 0 Å². The molecule has 0 aromatic carbocycles. The average molecular weight is 422 g/mol. The van der Waals surface area contributed by atoms with E-state index in [9.17, 15) is 0 Å². The van der Waals surface area contributed by atoms with Gasteiger partial charge in [-0.25, -0.2) is 0 Å². The molecule has 0 heterocycles. The molecule has 0 saturated carbocycles. The third kappa shape index (κ3) is 4.19. The fourth-order valence-electron chi connectivity index (χ4n) is 3.47. The Hall–Kier alpha value is 1.52. The highest BCUT2D eigenvalue weighted by Gasteiger charge is 2.63. The smallest absolute Gasteiger partial charge is 0.0348 e. The largest absolute Gasteiger partial charge is 0.0737 e. The molecule has 22 heavy (non-hydrogen) atoms. The van der Waals surface area contributed by atoms with Crippen molar-refractivity contribution in [3.8, 4) is 0 Å². The first-order valence-electron chi connectivity index (χ1n) is 9.00. The Morgan fingerprint density at radius 2 is 0.455 bits per heavy atom. The molecule has 0 aliphatic carbocycles. The van der Waals surface area contributed by atoms with Crippen molar-refractivity contribution in [2.24, 2.45) is 0 Å². The van der Waals surface area contributed by atoms with Gasteiger partial charge < -0.3 is 0 Å². The van der Waals surface area contributed by atoms with Gasteiger partial charge >= 0.3 is 0 Å². The first-order chi connectivity index (χ1) is 9.12. The zero-order valence-electron chi connectivity index (χ0n) is 18.5. The van der Waals surface area contributed by atoms with E-state index in [4.69, 9.17) is 0 Å². The molecular weight excluding hydrogens is 377 g/mol. The molecule has 0 unspecified atom stereocenters. The zero-order valence-corrected chi connectivity index (χ0v) is 25.5. The molecule has 0 fully saturated rings. The van der Waals surface area contributed by atoms with Crippen LogP contribution < -0.4 is 0 Å². The number of hydrogen-bond acceptors (Lipinski definition) is 0. The van der Waals surface area contributed by atoms with Gasteiger partial charge in [-0.15, -0.1) is 0 Å². The van der Waals surface area contributed by atoms with Crippen molar-refractivity contribution in [2.45, 2.75) is 98.2 Å². The van der Waals surface area contributed by atoms with E-state index < -0.39 is 44.1 Å². The van der Waals surface area contributed by atoms with Gasteiger partial charge in [0.15, 0.2) is 0 Å². The van der Waals surface area contributed by atoms with Crippen LogP contribution >= 0.6 is 0 Å². The van der Waals surface area contributed by atoms with Gasteiger partial charge in [0, 0.05) is 51.5 Å². The lowest BCUT2D eigenvalue weighted by Gasteiger charge is -2.60. The topological polar surface area (TPSA) is 0 Å². The molecule has 0 atom stereocenters. The molecule has 0 rings (SSSR count). The second-order valence-electron chi connectivity index (χ2n) is 12.0. The molecule has 7 heteroatoms. The fourth-order valence-corrected chi connectivity index (χ4v) is 215. The van der Waals surface area contributed by atoms with Crippen LogP contribution in [0.1, 0.15) is 0 Å². The summed E-state index contributed by atoms with van der Waals surface area (Å²) in [5.74, 6) is 0. The van der Waals surface area contributed by atoms with Crippen molar-refractivity contribution >= 4 is 51.5 Å². The lowest BCUT2D eigenvalue weighted by atomic mass is 11.8. The van der Waals surface area contributed by atoms with Crippen molar-refractivity contribution in [1.82, 2.24) is 0 Å². The van der Waals surface area contributed by atoms with Gasteiger partial charge in [0.05, 0.1) is 0 Å². The van der Waals surface area contributed by atoms with Crippen molar-refractivity contribution in [2.75, 3.05) is 0 Å². The summed E-state index contributed by atoms with van der Waals surface area (Å²) in [4.78, 5) is 0. The van der Waals surface area contributed by atoms with Crippen molar-refractivity contribution in [1.29, 1.82) is 0 Å². The Balaban J connectivity index is 6.53. The minimum absolute atomic E-state index is 0.144. The normalized spacial score (nSPS) is 16.4. The number of rotatable bonds is 6. The maximum absolute atomic E-state index is 2.86. The van der Waals surface area contributed by atoms with E-state index in [0.29, 0.717) is 0 Å².